The van der Waals surface area contributed by atoms with Gasteiger partial charge in [0.05, 0.1) is 16.5 Å². The molecule has 120 valence electrons. The SMILES string of the molecule is CCC(C)(C)C(=O)OCCOC(=O)c1ccc(C(=O)O)cc1. The summed E-state index contributed by atoms with van der Waals surface area (Å²) in [6.07, 6.45) is 0.654. The van der Waals surface area contributed by atoms with Gasteiger partial charge in [0, 0.05) is 0 Å². The minimum atomic E-state index is -1.06. The summed E-state index contributed by atoms with van der Waals surface area (Å²) in [7, 11) is 0. The molecule has 0 saturated carbocycles. The van der Waals surface area contributed by atoms with E-state index in [2.05, 4.69) is 0 Å². The molecule has 0 aliphatic rings. The van der Waals surface area contributed by atoms with Gasteiger partial charge in [-0.25, -0.2) is 9.59 Å². The molecule has 0 heterocycles. The van der Waals surface area contributed by atoms with Gasteiger partial charge in [0.15, 0.2) is 0 Å². The van der Waals surface area contributed by atoms with Gasteiger partial charge in [-0.3, -0.25) is 4.79 Å². The molecule has 1 rings (SSSR count). The van der Waals surface area contributed by atoms with Gasteiger partial charge in [0.25, 0.3) is 0 Å². The third-order valence-corrected chi connectivity index (χ3v) is 3.35. The molecule has 0 radical (unpaired) electrons. The van der Waals surface area contributed by atoms with Crippen molar-refractivity contribution in [1.29, 1.82) is 0 Å². The Balaban J connectivity index is 2.41. The summed E-state index contributed by atoms with van der Waals surface area (Å²) in [5.41, 5.74) is -0.228. The summed E-state index contributed by atoms with van der Waals surface area (Å²) in [6, 6.07) is 5.39. The molecule has 0 aliphatic heterocycles. The quantitative estimate of drug-likeness (QED) is 0.615. The van der Waals surface area contributed by atoms with Gasteiger partial charge in [0.1, 0.15) is 13.2 Å². The fourth-order valence-corrected chi connectivity index (χ4v) is 1.44. The first-order chi connectivity index (χ1) is 10.3. The van der Waals surface area contributed by atoms with Crippen molar-refractivity contribution in [3.63, 3.8) is 0 Å². The second-order valence-corrected chi connectivity index (χ2v) is 5.39. The first kappa shape index (κ1) is 17.7. The second-order valence-electron chi connectivity index (χ2n) is 5.39. The number of ether oxygens (including phenoxy) is 2. The predicted molar refractivity (Wildman–Crippen MR) is 78.7 cm³/mol. The van der Waals surface area contributed by atoms with Crippen molar-refractivity contribution in [2.75, 3.05) is 13.2 Å². The lowest BCUT2D eigenvalue weighted by Crippen LogP contribution is -2.27. The molecule has 22 heavy (non-hydrogen) atoms. The first-order valence-corrected chi connectivity index (χ1v) is 6.95. The molecule has 6 heteroatoms. The van der Waals surface area contributed by atoms with Gasteiger partial charge >= 0.3 is 17.9 Å². The van der Waals surface area contributed by atoms with E-state index in [-0.39, 0.29) is 30.3 Å². The Morgan fingerprint density at radius 2 is 1.50 bits per heavy atom. The Morgan fingerprint density at radius 1 is 1.00 bits per heavy atom. The van der Waals surface area contributed by atoms with Crippen molar-refractivity contribution in [2.45, 2.75) is 27.2 Å². The van der Waals surface area contributed by atoms with Crippen LogP contribution in [0.5, 0.6) is 0 Å². The lowest BCUT2D eigenvalue weighted by atomic mass is 9.91. The molecule has 0 unspecified atom stereocenters. The van der Waals surface area contributed by atoms with E-state index < -0.39 is 17.4 Å². The fraction of sp³-hybridized carbons (Fsp3) is 0.438. The average Bonchev–Trinajstić information content (AvgIpc) is 2.51. The summed E-state index contributed by atoms with van der Waals surface area (Å²) >= 11 is 0. The van der Waals surface area contributed by atoms with Crippen LogP contribution in [0.2, 0.25) is 0 Å². The largest absolute Gasteiger partial charge is 0.478 e. The number of carbonyl (C=O) groups excluding carboxylic acids is 2. The normalized spacial score (nSPS) is 10.9. The number of aromatic carboxylic acids is 1. The van der Waals surface area contributed by atoms with Crippen LogP contribution in [0, 0.1) is 5.41 Å². The Hall–Kier alpha value is -2.37. The minimum absolute atomic E-state index is 0.0127. The molecule has 0 bridgehead atoms. The molecular formula is C16H20O6. The van der Waals surface area contributed by atoms with E-state index in [1.54, 1.807) is 13.8 Å². The maximum Gasteiger partial charge on any atom is 0.338 e. The molecule has 1 N–H and O–H groups in total. The van der Waals surface area contributed by atoms with Crippen molar-refractivity contribution in [1.82, 2.24) is 0 Å². The zero-order chi connectivity index (χ0) is 16.8. The van der Waals surface area contributed by atoms with Crippen molar-refractivity contribution in [3.05, 3.63) is 35.4 Å². The van der Waals surface area contributed by atoms with Crippen LogP contribution in [-0.2, 0) is 14.3 Å². The molecule has 0 amide bonds. The number of carboxylic acids is 1. The summed E-state index contributed by atoms with van der Waals surface area (Å²) in [5, 5.41) is 8.76. The van der Waals surface area contributed by atoms with Gasteiger partial charge in [-0.2, -0.15) is 0 Å². The highest BCUT2D eigenvalue weighted by Crippen LogP contribution is 2.21. The molecule has 0 spiro atoms. The Kier molecular flexibility index (Phi) is 6.10. The zero-order valence-electron chi connectivity index (χ0n) is 12.9. The van der Waals surface area contributed by atoms with Crippen molar-refractivity contribution >= 4 is 17.9 Å². The lowest BCUT2D eigenvalue weighted by molar-refractivity contribution is -0.155. The molecule has 0 fully saturated rings. The smallest absolute Gasteiger partial charge is 0.338 e. The van der Waals surface area contributed by atoms with E-state index in [1.165, 1.54) is 24.3 Å². The molecular weight excluding hydrogens is 288 g/mol. The van der Waals surface area contributed by atoms with Crippen molar-refractivity contribution in [3.8, 4) is 0 Å². The Morgan fingerprint density at radius 3 is 2.00 bits per heavy atom. The van der Waals surface area contributed by atoms with Crippen LogP contribution in [0.15, 0.2) is 24.3 Å². The average molecular weight is 308 g/mol. The highest BCUT2D eigenvalue weighted by Gasteiger charge is 2.26. The van der Waals surface area contributed by atoms with Crippen molar-refractivity contribution < 1.29 is 29.0 Å². The van der Waals surface area contributed by atoms with E-state index >= 15 is 0 Å². The van der Waals surface area contributed by atoms with Gasteiger partial charge in [-0.05, 0) is 44.5 Å². The molecule has 0 saturated heterocycles. The van der Waals surface area contributed by atoms with Gasteiger partial charge in [-0.15, -0.1) is 0 Å². The van der Waals surface area contributed by atoms with Crippen molar-refractivity contribution in [2.24, 2.45) is 5.41 Å². The first-order valence-electron chi connectivity index (χ1n) is 6.95. The number of carbonyl (C=O) groups is 3. The van der Waals surface area contributed by atoms with E-state index in [9.17, 15) is 14.4 Å². The van der Waals surface area contributed by atoms with Crippen LogP contribution in [0.3, 0.4) is 0 Å². The highest BCUT2D eigenvalue weighted by atomic mass is 16.6. The molecule has 0 aliphatic carbocycles. The van der Waals surface area contributed by atoms with E-state index in [1.807, 2.05) is 6.92 Å². The van der Waals surface area contributed by atoms with Gasteiger partial charge in [-0.1, -0.05) is 6.92 Å². The molecule has 1 aromatic carbocycles. The van der Waals surface area contributed by atoms with E-state index in [0.717, 1.165) is 0 Å². The molecule has 0 atom stereocenters. The Bertz CT molecular complexity index is 544. The fourth-order valence-electron chi connectivity index (χ4n) is 1.44. The van der Waals surface area contributed by atoms with Crippen LogP contribution in [-0.4, -0.2) is 36.2 Å². The van der Waals surface area contributed by atoms with Gasteiger partial charge in [0.2, 0.25) is 0 Å². The third kappa shape index (κ3) is 4.87. The van der Waals surface area contributed by atoms with Crippen LogP contribution in [0.25, 0.3) is 0 Å². The second kappa shape index (κ2) is 7.59. The minimum Gasteiger partial charge on any atom is -0.478 e. The monoisotopic (exact) mass is 308 g/mol. The summed E-state index contributed by atoms with van der Waals surface area (Å²) < 4.78 is 10.0. The van der Waals surface area contributed by atoms with Crippen LogP contribution in [0.4, 0.5) is 0 Å². The Labute approximate surface area is 129 Å². The number of hydrogen-bond donors (Lipinski definition) is 1. The number of esters is 2. The number of carboxylic acid groups (broad SMARTS) is 1. The molecule has 1 aromatic rings. The number of benzene rings is 1. The topological polar surface area (TPSA) is 89.9 Å². The summed E-state index contributed by atoms with van der Waals surface area (Å²) in [6.45, 7) is 5.39. The zero-order valence-corrected chi connectivity index (χ0v) is 12.9. The predicted octanol–water partition coefficient (Wildman–Crippen LogP) is 2.52. The lowest BCUT2D eigenvalue weighted by Gasteiger charge is -2.20. The number of hydrogen-bond acceptors (Lipinski definition) is 5. The van der Waals surface area contributed by atoms with Crippen LogP contribution < -0.4 is 0 Å². The third-order valence-electron chi connectivity index (χ3n) is 3.35. The summed E-state index contributed by atoms with van der Waals surface area (Å²) in [5.74, 6) is -2.00. The maximum absolute atomic E-state index is 11.7. The van der Waals surface area contributed by atoms with E-state index in [4.69, 9.17) is 14.6 Å². The van der Waals surface area contributed by atoms with Crippen LogP contribution >= 0.6 is 0 Å². The summed E-state index contributed by atoms with van der Waals surface area (Å²) in [4.78, 5) is 34.1. The molecule has 6 nitrogen and oxygen atoms in total. The standard InChI is InChI=1S/C16H20O6/c1-4-16(2,3)15(20)22-10-9-21-14(19)12-7-5-11(6-8-12)13(17)18/h5-8H,4,9-10H2,1-3H3,(H,17,18). The highest BCUT2D eigenvalue weighted by molar-refractivity contribution is 5.92. The van der Waals surface area contributed by atoms with Crippen LogP contribution in [0.1, 0.15) is 47.9 Å². The molecule has 0 aromatic heterocycles. The number of rotatable bonds is 7. The van der Waals surface area contributed by atoms with E-state index in [0.29, 0.717) is 6.42 Å². The van der Waals surface area contributed by atoms with Gasteiger partial charge < -0.3 is 14.6 Å². The maximum atomic E-state index is 11.7.